The Balaban J connectivity index is 0.00000576. The molecular formula is C17H28ClIN4O2. The van der Waals surface area contributed by atoms with Crippen molar-refractivity contribution < 1.29 is 9.53 Å². The number of halogens is 2. The number of hydrogen-bond donors (Lipinski definition) is 3. The zero-order valence-corrected chi connectivity index (χ0v) is 18.3. The largest absolute Gasteiger partial charge is 0.490 e. The standard InChI is InChI=1S/C17H27ClN4O2.HI/c1-5-19-16(21-12-15(23)22-17(2,3)4)20-10-11-24-14-9-7-6-8-13(14)18;/h6-9H,5,10-12H2,1-4H3,(H,22,23)(H2,19,20,21);1H. The van der Waals surface area contributed by atoms with E-state index in [0.29, 0.717) is 36.4 Å². The highest BCUT2D eigenvalue weighted by molar-refractivity contribution is 14.0. The maximum absolute atomic E-state index is 11.8. The summed E-state index contributed by atoms with van der Waals surface area (Å²) in [7, 11) is 0. The fraction of sp³-hybridized carbons (Fsp3) is 0.529. The van der Waals surface area contributed by atoms with Crippen molar-refractivity contribution >= 4 is 47.4 Å². The van der Waals surface area contributed by atoms with Gasteiger partial charge in [0, 0.05) is 12.1 Å². The molecule has 0 bridgehead atoms. The van der Waals surface area contributed by atoms with E-state index >= 15 is 0 Å². The first-order chi connectivity index (χ1) is 11.3. The predicted octanol–water partition coefficient (Wildman–Crippen LogP) is 2.81. The number of rotatable bonds is 7. The van der Waals surface area contributed by atoms with Crippen LogP contribution in [-0.2, 0) is 4.79 Å². The lowest BCUT2D eigenvalue weighted by atomic mass is 10.1. The Labute approximate surface area is 172 Å². The first-order valence-electron chi connectivity index (χ1n) is 8.02. The monoisotopic (exact) mass is 482 g/mol. The van der Waals surface area contributed by atoms with Crippen molar-refractivity contribution in [1.82, 2.24) is 16.0 Å². The second-order valence-corrected chi connectivity index (χ2v) is 6.61. The lowest BCUT2D eigenvalue weighted by Gasteiger charge is -2.20. The Hall–Kier alpha value is -1.22. The summed E-state index contributed by atoms with van der Waals surface area (Å²) in [5.74, 6) is 1.10. The quantitative estimate of drug-likeness (QED) is 0.242. The lowest BCUT2D eigenvalue weighted by Crippen LogP contribution is -2.43. The molecule has 6 nitrogen and oxygen atoms in total. The molecule has 142 valence electrons. The van der Waals surface area contributed by atoms with Crippen LogP contribution >= 0.6 is 35.6 Å². The highest BCUT2D eigenvalue weighted by atomic mass is 127. The van der Waals surface area contributed by atoms with Gasteiger partial charge in [-0.05, 0) is 39.8 Å². The Morgan fingerprint density at radius 1 is 1.24 bits per heavy atom. The van der Waals surface area contributed by atoms with E-state index in [-0.39, 0.29) is 42.0 Å². The van der Waals surface area contributed by atoms with Crippen LogP contribution in [0.15, 0.2) is 29.3 Å². The van der Waals surface area contributed by atoms with Gasteiger partial charge in [0.15, 0.2) is 5.96 Å². The maximum atomic E-state index is 11.8. The molecule has 0 aliphatic rings. The van der Waals surface area contributed by atoms with Crippen LogP contribution in [0.2, 0.25) is 5.02 Å². The lowest BCUT2D eigenvalue weighted by molar-refractivity contribution is -0.121. The van der Waals surface area contributed by atoms with Crippen LogP contribution in [0.1, 0.15) is 27.7 Å². The Morgan fingerprint density at radius 2 is 1.92 bits per heavy atom. The number of nitrogens with zero attached hydrogens (tertiary/aromatic N) is 1. The van der Waals surface area contributed by atoms with Crippen molar-refractivity contribution in [1.29, 1.82) is 0 Å². The maximum Gasteiger partial charge on any atom is 0.242 e. The molecule has 0 atom stereocenters. The third kappa shape index (κ3) is 11.1. The topological polar surface area (TPSA) is 74.8 Å². The van der Waals surface area contributed by atoms with E-state index in [1.54, 1.807) is 6.07 Å². The van der Waals surface area contributed by atoms with Crippen molar-refractivity contribution in [3.8, 4) is 5.75 Å². The molecule has 0 saturated heterocycles. The van der Waals surface area contributed by atoms with Crippen molar-refractivity contribution in [2.24, 2.45) is 4.99 Å². The smallest absolute Gasteiger partial charge is 0.242 e. The molecule has 1 amide bonds. The van der Waals surface area contributed by atoms with Gasteiger partial charge in [0.2, 0.25) is 5.91 Å². The van der Waals surface area contributed by atoms with Crippen molar-refractivity contribution in [2.75, 3.05) is 26.2 Å². The van der Waals surface area contributed by atoms with E-state index in [1.807, 2.05) is 45.9 Å². The van der Waals surface area contributed by atoms with Gasteiger partial charge < -0.3 is 20.7 Å². The fourth-order valence-electron chi connectivity index (χ4n) is 1.84. The summed E-state index contributed by atoms with van der Waals surface area (Å²) in [5, 5.41) is 9.66. The van der Waals surface area contributed by atoms with Crippen molar-refractivity contribution in [2.45, 2.75) is 33.2 Å². The molecule has 1 aromatic rings. The summed E-state index contributed by atoms with van der Waals surface area (Å²) in [4.78, 5) is 16.1. The molecule has 3 N–H and O–H groups in total. The summed E-state index contributed by atoms with van der Waals surface area (Å²) >= 11 is 6.03. The Bertz CT molecular complexity index is 562. The molecule has 0 aliphatic heterocycles. The van der Waals surface area contributed by atoms with Gasteiger partial charge in [-0.15, -0.1) is 24.0 Å². The summed E-state index contributed by atoms with van der Waals surface area (Å²) < 4.78 is 5.60. The molecule has 0 spiro atoms. The highest BCUT2D eigenvalue weighted by Gasteiger charge is 2.13. The van der Waals surface area contributed by atoms with Crippen LogP contribution in [0.5, 0.6) is 5.75 Å². The van der Waals surface area contributed by atoms with Gasteiger partial charge in [-0.25, -0.2) is 4.99 Å². The van der Waals surface area contributed by atoms with E-state index in [1.165, 1.54) is 0 Å². The zero-order valence-electron chi connectivity index (χ0n) is 15.2. The second kappa shape index (κ2) is 12.2. The van der Waals surface area contributed by atoms with E-state index in [4.69, 9.17) is 16.3 Å². The van der Waals surface area contributed by atoms with Gasteiger partial charge in [0.05, 0.1) is 11.6 Å². The average Bonchev–Trinajstić information content (AvgIpc) is 2.49. The summed E-state index contributed by atoms with van der Waals surface area (Å²) in [6.45, 7) is 9.52. The van der Waals surface area contributed by atoms with Crippen LogP contribution in [0, 0.1) is 0 Å². The number of para-hydroxylation sites is 1. The third-order valence-electron chi connectivity index (χ3n) is 2.73. The van der Waals surface area contributed by atoms with Gasteiger partial charge in [-0.3, -0.25) is 4.79 Å². The molecule has 0 fully saturated rings. The van der Waals surface area contributed by atoms with Gasteiger partial charge in [-0.2, -0.15) is 0 Å². The minimum absolute atomic E-state index is 0. The Morgan fingerprint density at radius 3 is 2.52 bits per heavy atom. The average molecular weight is 483 g/mol. The molecule has 1 aromatic carbocycles. The number of aliphatic imine (C=N–C) groups is 1. The van der Waals surface area contributed by atoms with Crippen molar-refractivity contribution in [3.05, 3.63) is 29.3 Å². The molecule has 25 heavy (non-hydrogen) atoms. The number of amides is 1. The predicted molar refractivity (Wildman–Crippen MR) is 114 cm³/mol. The van der Waals surface area contributed by atoms with E-state index < -0.39 is 0 Å². The first-order valence-corrected chi connectivity index (χ1v) is 8.40. The minimum Gasteiger partial charge on any atom is -0.490 e. The second-order valence-electron chi connectivity index (χ2n) is 6.20. The van der Waals surface area contributed by atoms with E-state index in [0.717, 1.165) is 0 Å². The summed E-state index contributed by atoms with van der Waals surface area (Å²) in [6.07, 6.45) is 0. The van der Waals surface area contributed by atoms with E-state index in [2.05, 4.69) is 20.9 Å². The first kappa shape index (κ1) is 23.8. The molecule has 8 heteroatoms. The minimum atomic E-state index is -0.263. The van der Waals surface area contributed by atoms with E-state index in [9.17, 15) is 4.79 Å². The van der Waals surface area contributed by atoms with Crippen LogP contribution in [0.3, 0.4) is 0 Å². The number of carbonyl (C=O) groups is 1. The number of carbonyl (C=O) groups excluding carboxylic acids is 1. The van der Waals surface area contributed by atoms with Gasteiger partial charge in [-0.1, -0.05) is 23.7 Å². The van der Waals surface area contributed by atoms with Gasteiger partial charge >= 0.3 is 0 Å². The number of benzene rings is 1. The van der Waals surface area contributed by atoms with Crippen LogP contribution in [0.25, 0.3) is 0 Å². The normalized spacial score (nSPS) is 11.3. The number of ether oxygens (including phenoxy) is 1. The van der Waals surface area contributed by atoms with Gasteiger partial charge in [0.1, 0.15) is 18.9 Å². The molecule has 0 saturated carbocycles. The zero-order chi connectivity index (χ0) is 18.0. The fourth-order valence-corrected chi connectivity index (χ4v) is 2.03. The molecule has 0 aliphatic carbocycles. The van der Waals surface area contributed by atoms with Crippen LogP contribution in [0.4, 0.5) is 0 Å². The SMILES string of the molecule is CCNC(=NCC(=O)NC(C)(C)C)NCCOc1ccccc1Cl.I. The third-order valence-corrected chi connectivity index (χ3v) is 3.04. The Kier molecular flexibility index (Phi) is 11.6. The summed E-state index contributed by atoms with van der Waals surface area (Å²) in [5.41, 5.74) is -0.263. The number of nitrogens with one attached hydrogen (secondary N) is 3. The van der Waals surface area contributed by atoms with Crippen LogP contribution < -0.4 is 20.7 Å². The molecule has 1 rings (SSSR count). The van der Waals surface area contributed by atoms with Gasteiger partial charge in [0.25, 0.3) is 0 Å². The van der Waals surface area contributed by atoms with Crippen LogP contribution in [-0.4, -0.2) is 43.6 Å². The highest BCUT2D eigenvalue weighted by Crippen LogP contribution is 2.22. The number of guanidine groups is 1. The molecule has 0 heterocycles. The molecule has 0 radical (unpaired) electrons. The van der Waals surface area contributed by atoms with Crippen molar-refractivity contribution in [3.63, 3.8) is 0 Å². The molecular weight excluding hydrogens is 455 g/mol. The summed E-state index contributed by atoms with van der Waals surface area (Å²) in [6, 6.07) is 7.32. The number of hydrogen-bond acceptors (Lipinski definition) is 3. The molecule has 0 unspecified atom stereocenters. The molecule has 0 aromatic heterocycles.